The van der Waals surface area contributed by atoms with Crippen LogP contribution in [0.25, 0.3) is 5.65 Å². The Morgan fingerprint density at radius 2 is 2.07 bits per heavy atom. The van der Waals surface area contributed by atoms with Gasteiger partial charge in [-0.1, -0.05) is 29.8 Å². The van der Waals surface area contributed by atoms with Gasteiger partial charge >= 0.3 is 0 Å². The second kappa shape index (κ2) is 8.19. The Morgan fingerprint density at radius 3 is 2.86 bits per heavy atom. The fraction of sp³-hybridized carbons (Fsp3) is 0.381. The van der Waals surface area contributed by atoms with Gasteiger partial charge in [-0.05, 0) is 49.1 Å². The molecule has 0 radical (unpaired) electrons. The molecule has 2 aromatic heterocycles. The van der Waals surface area contributed by atoms with Crippen LogP contribution in [0.15, 0.2) is 53.7 Å². The van der Waals surface area contributed by atoms with E-state index in [0.29, 0.717) is 0 Å². The zero-order valence-corrected chi connectivity index (χ0v) is 16.8. The standard InChI is InChI=1S/C21H25ClN6/c1-23-20(25-15-21(10-11-21)16-6-4-7-17(22)14-16)24-12-5-9-19-27-26-18-8-2-3-13-28(18)19/h2-4,6-8,13-14H,5,9-12,15H2,1H3,(H2,23,24,25). The number of pyridine rings is 1. The lowest BCUT2D eigenvalue weighted by molar-refractivity contribution is 0.640. The number of aromatic nitrogens is 3. The molecule has 0 saturated heterocycles. The van der Waals surface area contributed by atoms with Crippen LogP contribution in [-0.4, -0.2) is 40.7 Å². The maximum absolute atomic E-state index is 6.16. The molecule has 0 bridgehead atoms. The van der Waals surface area contributed by atoms with Gasteiger partial charge in [0.1, 0.15) is 5.82 Å². The predicted octanol–water partition coefficient (Wildman–Crippen LogP) is 3.21. The van der Waals surface area contributed by atoms with Crippen molar-refractivity contribution < 1.29 is 0 Å². The third kappa shape index (κ3) is 4.12. The normalized spacial score (nSPS) is 15.6. The van der Waals surface area contributed by atoms with Gasteiger partial charge in [-0.25, -0.2) is 0 Å². The lowest BCUT2D eigenvalue weighted by atomic mass is 9.96. The quantitative estimate of drug-likeness (QED) is 0.365. The average molecular weight is 397 g/mol. The summed E-state index contributed by atoms with van der Waals surface area (Å²) in [6, 6.07) is 14.1. The molecule has 0 atom stereocenters. The molecule has 6 nitrogen and oxygen atoms in total. The van der Waals surface area contributed by atoms with E-state index < -0.39 is 0 Å². The van der Waals surface area contributed by atoms with Crippen LogP contribution in [0, 0.1) is 0 Å². The molecule has 1 fully saturated rings. The molecule has 146 valence electrons. The zero-order chi connectivity index (χ0) is 19.4. The van der Waals surface area contributed by atoms with Crippen LogP contribution in [-0.2, 0) is 11.8 Å². The van der Waals surface area contributed by atoms with Crippen molar-refractivity contribution in [2.24, 2.45) is 4.99 Å². The smallest absolute Gasteiger partial charge is 0.191 e. The number of rotatable bonds is 7. The predicted molar refractivity (Wildman–Crippen MR) is 113 cm³/mol. The molecule has 28 heavy (non-hydrogen) atoms. The maximum Gasteiger partial charge on any atom is 0.191 e. The molecule has 4 rings (SSSR count). The lowest BCUT2D eigenvalue weighted by Gasteiger charge is -2.19. The SMILES string of the molecule is CN=C(NCCCc1nnc2ccccn12)NCC1(c2cccc(Cl)c2)CC1. The first-order chi connectivity index (χ1) is 13.7. The van der Waals surface area contributed by atoms with Crippen LogP contribution in [0.2, 0.25) is 5.02 Å². The van der Waals surface area contributed by atoms with Crippen molar-refractivity contribution in [3.05, 3.63) is 65.1 Å². The third-order valence-electron chi connectivity index (χ3n) is 5.36. The van der Waals surface area contributed by atoms with Gasteiger partial charge < -0.3 is 10.6 Å². The van der Waals surface area contributed by atoms with Gasteiger partial charge in [-0.15, -0.1) is 10.2 Å². The summed E-state index contributed by atoms with van der Waals surface area (Å²) in [6.45, 7) is 1.69. The van der Waals surface area contributed by atoms with E-state index in [2.05, 4.69) is 38.0 Å². The number of aliphatic imine (C=N–C) groups is 1. The Labute approximate surface area is 170 Å². The Hall–Kier alpha value is -2.60. The van der Waals surface area contributed by atoms with E-state index in [9.17, 15) is 0 Å². The first kappa shape index (κ1) is 18.7. The number of benzene rings is 1. The number of nitrogens with one attached hydrogen (secondary N) is 2. The summed E-state index contributed by atoms with van der Waals surface area (Å²) < 4.78 is 2.04. The molecule has 1 aliphatic carbocycles. The van der Waals surface area contributed by atoms with E-state index in [1.165, 1.54) is 18.4 Å². The van der Waals surface area contributed by atoms with Gasteiger partial charge in [0, 0.05) is 43.2 Å². The fourth-order valence-electron chi connectivity index (χ4n) is 3.52. The molecule has 0 aliphatic heterocycles. The Balaban J connectivity index is 1.25. The molecular formula is C21H25ClN6. The lowest BCUT2D eigenvalue weighted by Crippen LogP contribution is -2.41. The van der Waals surface area contributed by atoms with Crippen molar-refractivity contribution in [2.45, 2.75) is 31.1 Å². The average Bonchev–Trinajstić information content (AvgIpc) is 3.41. The monoisotopic (exact) mass is 396 g/mol. The molecule has 2 N–H and O–H groups in total. The first-order valence-corrected chi connectivity index (χ1v) is 10.1. The van der Waals surface area contributed by atoms with Gasteiger partial charge in [-0.2, -0.15) is 0 Å². The fourth-order valence-corrected chi connectivity index (χ4v) is 3.72. The second-order valence-corrected chi connectivity index (χ2v) is 7.73. The Kier molecular flexibility index (Phi) is 5.48. The van der Waals surface area contributed by atoms with Gasteiger partial charge in [0.2, 0.25) is 0 Å². The highest BCUT2D eigenvalue weighted by atomic mass is 35.5. The van der Waals surface area contributed by atoms with Gasteiger partial charge in [0.15, 0.2) is 11.6 Å². The van der Waals surface area contributed by atoms with E-state index in [4.69, 9.17) is 11.6 Å². The number of halogens is 1. The van der Waals surface area contributed by atoms with Crippen molar-refractivity contribution in [1.82, 2.24) is 25.2 Å². The summed E-state index contributed by atoms with van der Waals surface area (Å²) in [5, 5.41) is 16.1. The topological polar surface area (TPSA) is 66.6 Å². The molecule has 1 saturated carbocycles. The van der Waals surface area contributed by atoms with Gasteiger partial charge in [-0.3, -0.25) is 9.39 Å². The van der Waals surface area contributed by atoms with E-state index in [1.807, 2.05) is 40.9 Å². The summed E-state index contributed by atoms with van der Waals surface area (Å²) >= 11 is 6.16. The summed E-state index contributed by atoms with van der Waals surface area (Å²) in [5.41, 5.74) is 2.38. The van der Waals surface area contributed by atoms with Gasteiger partial charge in [0.05, 0.1) is 0 Å². The summed E-state index contributed by atoms with van der Waals surface area (Å²) in [4.78, 5) is 4.35. The number of fused-ring (bicyclic) bond motifs is 1. The minimum atomic E-state index is 0.183. The van der Waals surface area contributed by atoms with Crippen LogP contribution >= 0.6 is 11.6 Å². The molecule has 2 heterocycles. The van der Waals surface area contributed by atoms with E-state index in [-0.39, 0.29) is 5.41 Å². The highest BCUT2D eigenvalue weighted by molar-refractivity contribution is 6.30. The van der Waals surface area contributed by atoms with Crippen LogP contribution in [0.4, 0.5) is 0 Å². The molecule has 1 aromatic carbocycles. The number of aryl methyl sites for hydroxylation is 1. The van der Waals surface area contributed by atoms with E-state index in [1.54, 1.807) is 7.05 Å². The van der Waals surface area contributed by atoms with Crippen molar-refractivity contribution in [3.8, 4) is 0 Å². The van der Waals surface area contributed by atoms with Crippen LogP contribution in [0.3, 0.4) is 0 Å². The zero-order valence-electron chi connectivity index (χ0n) is 16.0. The van der Waals surface area contributed by atoms with E-state index in [0.717, 1.165) is 48.4 Å². The number of nitrogens with zero attached hydrogens (tertiary/aromatic N) is 4. The maximum atomic E-state index is 6.16. The molecule has 1 aliphatic rings. The minimum absolute atomic E-state index is 0.183. The van der Waals surface area contributed by atoms with Crippen LogP contribution < -0.4 is 10.6 Å². The molecule has 3 aromatic rings. The summed E-state index contributed by atoms with van der Waals surface area (Å²) in [5.74, 6) is 1.82. The number of hydrogen-bond donors (Lipinski definition) is 2. The second-order valence-electron chi connectivity index (χ2n) is 7.29. The van der Waals surface area contributed by atoms with Crippen molar-refractivity contribution >= 4 is 23.2 Å². The third-order valence-corrected chi connectivity index (χ3v) is 5.60. The Morgan fingerprint density at radius 1 is 1.18 bits per heavy atom. The van der Waals surface area contributed by atoms with Crippen molar-refractivity contribution in [2.75, 3.05) is 20.1 Å². The first-order valence-electron chi connectivity index (χ1n) is 9.69. The number of hydrogen-bond acceptors (Lipinski definition) is 3. The molecule has 0 amide bonds. The van der Waals surface area contributed by atoms with Crippen LogP contribution in [0.1, 0.15) is 30.7 Å². The van der Waals surface area contributed by atoms with E-state index >= 15 is 0 Å². The molecule has 0 spiro atoms. The highest BCUT2D eigenvalue weighted by Crippen LogP contribution is 2.48. The van der Waals surface area contributed by atoms with Crippen molar-refractivity contribution in [1.29, 1.82) is 0 Å². The molecule has 0 unspecified atom stereocenters. The minimum Gasteiger partial charge on any atom is -0.356 e. The summed E-state index contributed by atoms with van der Waals surface area (Å²) in [7, 11) is 1.81. The van der Waals surface area contributed by atoms with Crippen molar-refractivity contribution in [3.63, 3.8) is 0 Å². The Bertz CT molecular complexity index is 976. The molecule has 7 heteroatoms. The number of guanidine groups is 1. The molecular weight excluding hydrogens is 372 g/mol. The van der Waals surface area contributed by atoms with Gasteiger partial charge in [0.25, 0.3) is 0 Å². The highest BCUT2D eigenvalue weighted by Gasteiger charge is 2.44. The van der Waals surface area contributed by atoms with Crippen LogP contribution in [0.5, 0.6) is 0 Å². The largest absolute Gasteiger partial charge is 0.356 e. The summed E-state index contributed by atoms with van der Waals surface area (Å²) in [6.07, 6.45) is 6.18.